The summed E-state index contributed by atoms with van der Waals surface area (Å²) >= 11 is 7.27. The number of halogens is 4. The number of nitrogens with one attached hydrogen (secondary N) is 3. The highest BCUT2D eigenvalue weighted by molar-refractivity contribution is 7.99. The highest BCUT2D eigenvalue weighted by Crippen LogP contribution is 2.35. The van der Waals surface area contributed by atoms with Crippen molar-refractivity contribution >= 4 is 58.0 Å². The SMILES string of the molecule is CO[C@@H](C)c1c(NC(=O)Nc2cnc(-n3cc(NC(=O)CSC)cn3)c(C(F)(F)F)c2)cnc2cc(Cl)nn12. The van der Waals surface area contributed by atoms with Crippen molar-refractivity contribution in [1.29, 1.82) is 0 Å². The van der Waals surface area contributed by atoms with Gasteiger partial charge in [0.15, 0.2) is 16.6 Å². The molecule has 0 spiro atoms. The smallest absolute Gasteiger partial charge is 0.375 e. The fraction of sp³-hybridized carbons (Fsp3) is 0.273. The van der Waals surface area contributed by atoms with Crippen molar-refractivity contribution < 1.29 is 27.5 Å². The van der Waals surface area contributed by atoms with Crippen LogP contribution >= 0.6 is 23.4 Å². The summed E-state index contributed by atoms with van der Waals surface area (Å²) in [4.78, 5) is 32.6. The van der Waals surface area contributed by atoms with Gasteiger partial charge in [0.1, 0.15) is 5.56 Å². The molecule has 4 aromatic heterocycles. The largest absolute Gasteiger partial charge is 0.420 e. The molecular weight excluding hydrogens is 563 g/mol. The minimum absolute atomic E-state index is 0.172. The van der Waals surface area contributed by atoms with E-state index in [2.05, 4.69) is 36.1 Å². The Hall–Kier alpha value is -3.89. The molecule has 0 aliphatic rings. The minimum Gasteiger partial charge on any atom is -0.375 e. The first-order chi connectivity index (χ1) is 18.5. The van der Waals surface area contributed by atoms with Gasteiger partial charge in [-0.15, -0.1) is 0 Å². The molecule has 0 saturated heterocycles. The third-order valence-electron chi connectivity index (χ3n) is 5.27. The lowest BCUT2D eigenvalue weighted by atomic mass is 10.2. The molecule has 39 heavy (non-hydrogen) atoms. The van der Waals surface area contributed by atoms with E-state index in [9.17, 15) is 22.8 Å². The van der Waals surface area contributed by atoms with Crippen molar-refractivity contribution in [2.24, 2.45) is 0 Å². The minimum atomic E-state index is -4.83. The molecular formula is C22H21ClF3N9O3S. The number of hydrogen-bond donors (Lipinski definition) is 3. The molecule has 206 valence electrons. The fourth-order valence-electron chi connectivity index (χ4n) is 3.56. The second-order valence-corrected chi connectivity index (χ2v) is 9.25. The first kappa shape index (κ1) is 28.1. The molecule has 0 aliphatic carbocycles. The van der Waals surface area contributed by atoms with E-state index in [1.165, 1.54) is 48.0 Å². The quantitative estimate of drug-likeness (QED) is 0.273. The molecule has 0 aliphatic heterocycles. The summed E-state index contributed by atoms with van der Waals surface area (Å²) in [7, 11) is 1.46. The molecule has 0 radical (unpaired) electrons. The van der Waals surface area contributed by atoms with Gasteiger partial charge in [0.25, 0.3) is 0 Å². The molecule has 0 saturated carbocycles. The number of carbonyl (C=O) groups excluding carboxylic acids is 2. The molecule has 0 unspecified atom stereocenters. The number of anilines is 3. The molecule has 4 aromatic rings. The van der Waals surface area contributed by atoms with E-state index < -0.39 is 29.7 Å². The lowest BCUT2D eigenvalue weighted by Crippen LogP contribution is -2.23. The number of aromatic nitrogens is 6. The molecule has 4 rings (SSSR count). The molecule has 4 heterocycles. The number of ether oxygens (including phenoxy) is 1. The van der Waals surface area contributed by atoms with Gasteiger partial charge in [0, 0.05) is 13.2 Å². The summed E-state index contributed by atoms with van der Waals surface area (Å²) in [5.74, 6) is -0.699. The lowest BCUT2D eigenvalue weighted by Gasteiger charge is -2.17. The number of alkyl halides is 3. The maximum Gasteiger partial charge on any atom is 0.420 e. The number of hydrogen-bond acceptors (Lipinski definition) is 8. The molecule has 0 bridgehead atoms. The maximum atomic E-state index is 13.9. The van der Waals surface area contributed by atoms with E-state index in [1.54, 1.807) is 13.2 Å². The summed E-state index contributed by atoms with van der Waals surface area (Å²) in [5.41, 5.74) is -0.175. The maximum absolute atomic E-state index is 13.9. The van der Waals surface area contributed by atoms with Crippen LogP contribution in [0.15, 0.2) is 36.9 Å². The Labute approximate surface area is 228 Å². The summed E-state index contributed by atoms with van der Waals surface area (Å²) in [5, 5.41) is 15.6. The number of methoxy groups -OCH3 is 1. The highest BCUT2D eigenvalue weighted by Gasteiger charge is 2.36. The van der Waals surface area contributed by atoms with Crippen LogP contribution in [-0.2, 0) is 15.7 Å². The van der Waals surface area contributed by atoms with Crippen molar-refractivity contribution in [3.63, 3.8) is 0 Å². The molecule has 0 aromatic carbocycles. The van der Waals surface area contributed by atoms with E-state index in [-0.39, 0.29) is 33.9 Å². The van der Waals surface area contributed by atoms with Gasteiger partial charge in [-0.25, -0.2) is 24.0 Å². The Kier molecular flexibility index (Phi) is 8.27. The first-order valence-corrected chi connectivity index (χ1v) is 12.8. The van der Waals surface area contributed by atoms with Gasteiger partial charge in [0.05, 0.1) is 59.4 Å². The Bertz CT molecular complexity index is 1530. The predicted molar refractivity (Wildman–Crippen MR) is 139 cm³/mol. The van der Waals surface area contributed by atoms with Crippen LogP contribution in [-0.4, -0.2) is 60.4 Å². The number of amides is 3. The van der Waals surface area contributed by atoms with Gasteiger partial charge in [-0.05, 0) is 19.2 Å². The number of rotatable bonds is 8. The van der Waals surface area contributed by atoms with Crippen LogP contribution in [0.3, 0.4) is 0 Å². The molecule has 1 atom stereocenters. The van der Waals surface area contributed by atoms with Crippen molar-refractivity contribution in [1.82, 2.24) is 29.4 Å². The normalized spacial score (nSPS) is 12.4. The van der Waals surface area contributed by atoms with E-state index in [0.29, 0.717) is 11.3 Å². The van der Waals surface area contributed by atoms with Gasteiger partial charge in [-0.2, -0.15) is 35.1 Å². The zero-order valence-electron chi connectivity index (χ0n) is 20.6. The summed E-state index contributed by atoms with van der Waals surface area (Å²) < 4.78 is 49.4. The standard InChI is InChI=1S/C22H21ClF3N9O3S/c1-11(38-2)19-15(8-27-17-5-16(23)33-35(17)19)32-21(37)31-12-4-14(22(24,25)26)20(28-6-12)34-9-13(7-29-34)30-18(36)10-39-3/h4-9,11H,10H2,1-3H3,(H,30,36)(H2,31,32,37)/t11-/m0/s1. The third-order valence-corrected chi connectivity index (χ3v) is 6.00. The van der Waals surface area contributed by atoms with Crippen LogP contribution in [0.5, 0.6) is 0 Å². The summed E-state index contributed by atoms with van der Waals surface area (Å²) in [6.45, 7) is 1.71. The number of carbonyl (C=O) groups is 2. The average molecular weight is 584 g/mol. The molecule has 0 fully saturated rings. The Morgan fingerprint density at radius 2 is 1.90 bits per heavy atom. The summed E-state index contributed by atoms with van der Waals surface area (Å²) in [6.07, 6.45) is 1.17. The zero-order chi connectivity index (χ0) is 28.3. The van der Waals surface area contributed by atoms with Crippen molar-refractivity contribution in [2.75, 3.05) is 35.1 Å². The molecule has 12 nitrogen and oxygen atoms in total. The van der Waals surface area contributed by atoms with Crippen molar-refractivity contribution in [3.8, 4) is 5.82 Å². The van der Waals surface area contributed by atoms with Crippen LogP contribution in [0.2, 0.25) is 5.15 Å². The topological polar surface area (TPSA) is 140 Å². The van der Waals surface area contributed by atoms with Crippen LogP contribution in [0, 0.1) is 0 Å². The predicted octanol–water partition coefficient (Wildman–Crippen LogP) is 4.64. The highest BCUT2D eigenvalue weighted by atomic mass is 35.5. The number of urea groups is 1. The Morgan fingerprint density at radius 3 is 2.59 bits per heavy atom. The average Bonchev–Trinajstić information content (AvgIpc) is 3.48. The number of fused-ring (bicyclic) bond motifs is 1. The van der Waals surface area contributed by atoms with Crippen LogP contribution in [0.4, 0.5) is 35.0 Å². The monoisotopic (exact) mass is 583 g/mol. The van der Waals surface area contributed by atoms with Gasteiger partial charge in [-0.3, -0.25) is 4.79 Å². The van der Waals surface area contributed by atoms with Gasteiger partial charge >= 0.3 is 12.2 Å². The molecule has 17 heteroatoms. The molecule has 3 N–H and O–H groups in total. The second kappa shape index (κ2) is 11.5. The number of thioether (sulfide) groups is 1. The summed E-state index contributed by atoms with van der Waals surface area (Å²) in [6, 6.07) is 1.38. The number of pyridine rings is 1. The first-order valence-electron chi connectivity index (χ1n) is 11.1. The third kappa shape index (κ3) is 6.40. The number of nitrogens with zero attached hydrogens (tertiary/aromatic N) is 6. The van der Waals surface area contributed by atoms with Gasteiger partial charge in [-0.1, -0.05) is 11.6 Å². The fourth-order valence-corrected chi connectivity index (χ4v) is 4.06. The zero-order valence-corrected chi connectivity index (χ0v) is 22.1. The van der Waals surface area contributed by atoms with E-state index in [4.69, 9.17) is 16.3 Å². The Morgan fingerprint density at radius 1 is 1.13 bits per heavy atom. The molecule has 3 amide bonds. The van der Waals surface area contributed by atoms with Gasteiger partial charge in [0.2, 0.25) is 5.91 Å². The Balaban J connectivity index is 1.58. The van der Waals surface area contributed by atoms with Crippen LogP contribution < -0.4 is 16.0 Å². The van der Waals surface area contributed by atoms with Gasteiger partial charge < -0.3 is 20.7 Å². The van der Waals surface area contributed by atoms with E-state index in [1.807, 2.05) is 0 Å². The van der Waals surface area contributed by atoms with Crippen molar-refractivity contribution in [2.45, 2.75) is 19.2 Å². The van der Waals surface area contributed by atoms with E-state index in [0.717, 1.165) is 16.9 Å². The van der Waals surface area contributed by atoms with Crippen LogP contribution in [0.1, 0.15) is 24.3 Å². The van der Waals surface area contributed by atoms with Crippen LogP contribution in [0.25, 0.3) is 11.5 Å². The lowest BCUT2D eigenvalue weighted by molar-refractivity contribution is -0.137. The second-order valence-electron chi connectivity index (χ2n) is 8.00. The van der Waals surface area contributed by atoms with Crippen molar-refractivity contribution in [3.05, 3.63) is 53.3 Å². The van der Waals surface area contributed by atoms with E-state index >= 15 is 0 Å².